The maximum Gasteiger partial charge on any atom is 0.264 e. The normalized spacial score (nSPS) is 12.2. The summed E-state index contributed by atoms with van der Waals surface area (Å²) in [7, 11) is -4.22. The highest BCUT2D eigenvalue weighted by Crippen LogP contribution is 2.30. The molecule has 3 rings (SSSR count). The van der Waals surface area contributed by atoms with Crippen LogP contribution in [0.3, 0.4) is 0 Å². The van der Waals surface area contributed by atoms with E-state index in [9.17, 15) is 22.4 Å². The van der Waals surface area contributed by atoms with Gasteiger partial charge in [0.05, 0.1) is 10.6 Å². The number of aryl methyl sites for hydroxylation is 1. The van der Waals surface area contributed by atoms with E-state index in [0.29, 0.717) is 17.1 Å². The number of carbonyl (C=O) groups is 2. The van der Waals surface area contributed by atoms with E-state index >= 15 is 0 Å². The Kier molecular flexibility index (Phi) is 10.1. The molecule has 0 aliphatic carbocycles. The highest BCUT2D eigenvalue weighted by atomic mass is 35.5. The van der Waals surface area contributed by atoms with E-state index < -0.39 is 40.2 Å². The highest BCUT2D eigenvalue weighted by molar-refractivity contribution is 7.92. The Bertz CT molecular complexity index is 1420. The summed E-state index contributed by atoms with van der Waals surface area (Å²) < 4.78 is 43.2. The molecular weight excluding hydrogens is 541 g/mol. The summed E-state index contributed by atoms with van der Waals surface area (Å²) in [6.07, 6.45) is 0. The number of nitrogens with one attached hydrogen (secondary N) is 1. The maximum absolute atomic E-state index is 14.6. The van der Waals surface area contributed by atoms with Crippen LogP contribution in [-0.2, 0) is 26.2 Å². The van der Waals surface area contributed by atoms with E-state index in [1.165, 1.54) is 48.2 Å². The molecule has 0 saturated carbocycles. The third-order valence-electron chi connectivity index (χ3n) is 6.20. The molecule has 2 amide bonds. The minimum Gasteiger partial charge on any atom is -0.354 e. The van der Waals surface area contributed by atoms with Gasteiger partial charge < -0.3 is 10.2 Å². The van der Waals surface area contributed by atoms with Gasteiger partial charge in [-0.2, -0.15) is 0 Å². The molecule has 0 radical (unpaired) electrons. The monoisotopic (exact) mass is 573 g/mol. The van der Waals surface area contributed by atoms with Crippen molar-refractivity contribution in [2.24, 2.45) is 5.92 Å². The van der Waals surface area contributed by atoms with E-state index in [0.717, 1.165) is 4.31 Å². The minimum atomic E-state index is -4.22. The van der Waals surface area contributed by atoms with E-state index in [-0.39, 0.29) is 28.6 Å². The van der Waals surface area contributed by atoms with Gasteiger partial charge in [-0.25, -0.2) is 12.8 Å². The van der Waals surface area contributed by atoms with Crippen LogP contribution in [0, 0.1) is 18.7 Å². The zero-order valence-corrected chi connectivity index (χ0v) is 24.0. The van der Waals surface area contributed by atoms with Gasteiger partial charge in [0, 0.05) is 23.7 Å². The van der Waals surface area contributed by atoms with Gasteiger partial charge in [-0.1, -0.05) is 67.9 Å². The van der Waals surface area contributed by atoms with Crippen molar-refractivity contribution >= 4 is 39.1 Å². The molecule has 10 heteroatoms. The number of rotatable bonds is 11. The van der Waals surface area contributed by atoms with Gasteiger partial charge in [-0.05, 0) is 55.7 Å². The Morgan fingerprint density at radius 3 is 2.26 bits per heavy atom. The molecule has 3 aromatic rings. The van der Waals surface area contributed by atoms with Crippen LogP contribution in [-0.4, -0.2) is 44.3 Å². The fraction of sp³-hybridized carbons (Fsp3) is 0.310. The quantitative estimate of drug-likeness (QED) is 0.343. The van der Waals surface area contributed by atoms with Crippen molar-refractivity contribution in [1.82, 2.24) is 10.2 Å². The van der Waals surface area contributed by atoms with Crippen LogP contribution < -0.4 is 9.62 Å². The Balaban J connectivity index is 2.05. The SMILES string of the molecule is Cc1ccc(Cl)cc1N(CC(=O)N(Cc1ccccc1F)[C@@H](C)C(=O)NCC(C)C)S(=O)(=O)c1ccccc1. The number of halogens is 2. The standard InChI is InChI=1S/C29H33ClFN3O4S/c1-20(2)17-32-29(36)22(4)33(18-23-10-8-9-13-26(23)31)28(35)19-34(27-16-24(30)15-14-21(27)3)39(37,38)25-11-6-5-7-12-25/h5-16,20,22H,17-19H2,1-4H3,(H,32,36)/t22-/m0/s1. The molecule has 39 heavy (non-hydrogen) atoms. The lowest BCUT2D eigenvalue weighted by Gasteiger charge is -2.32. The van der Waals surface area contributed by atoms with Crippen molar-refractivity contribution in [1.29, 1.82) is 0 Å². The number of hydrogen-bond donors (Lipinski definition) is 1. The summed E-state index contributed by atoms with van der Waals surface area (Å²) in [5.74, 6) is -1.46. The lowest BCUT2D eigenvalue weighted by molar-refractivity contribution is -0.139. The summed E-state index contributed by atoms with van der Waals surface area (Å²) in [6, 6.07) is 17.4. The van der Waals surface area contributed by atoms with Crippen LogP contribution >= 0.6 is 11.6 Å². The van der Waals surface area contributed by atoms with Crippen LogP contribution in [0.5, 0.6) is 0 Å². The first-order chi connectivity index (χ1) is 18.4. The molecule has 1 N–H and O–H groups in total. The first-order valence-electron chi connectivity index (χ1n) is 12.6. The molecule has 0 aliphatic rings. The molecule has 0 bridgehead atoms. The smallest absolute Gasteiger partial charge is 0.264 e. The first kappa shape index (κ1) is 30.1. The van der Waals surface area contributed by atoms with E-state index in [4.69, 9.17) is 11.6 Å². The maximum atomic E-state index is 14.6. The molecule has 0 saturated heterocycles. The van der Waals surface area contributed by atoms with Crippen LogP contribution in [0.25, 0.3) is 0 Å². The number of nitrogens with zero attached hydrogens (tertiary/aromatic N) is 2. The van der Waals surface area contributed by atoms with Crippen molar-refractivity contribution in [2.45, 2.75) is 45.2 Å². The Labute approximate surface area is 234 Å². The Hall–Kier alpha value is -3.43. The molecular formula is C29H33ClFN3O4S. The average molecular weight is 574 g/mol. The van der Waals surface area contributed by atoms with Gasteiger partial charge in [0.25, 0.3) is 10.0 Å². The van der Waals surface area contributed by atoms with Crippen molar-refractivity contribution in [2.75, 3.05) is 17.4 Å². The summed E-state index contributed by atoms with van der Waals surface area (Å²) in [4.78, 5) is 28.1. The van der Waals surface area contributed by atoms with Crippen LogP contribution in [0.1, 0.15) is 31.9 Å². The van der Waals surface area contributed by atoms with Gasteiger partial charge >= 0.3 is 0 Å². The zero-order chi connectivity index (χ0) is 28.7. The first-order valence-corrected chi connectivity index (χ1v) is 14.4. The second-order valence-corrected chi connectivity index (χ2v) is 12.0. The van der Waals surface area contributed by atoms with E-state index in [1.54, 1.807) is 43.3 Å². The van der Waals surface area contributed by atoms with Crippen molar-refractivity contribution in [3.63, 3.8) is 0 Å². The molecule has 0 unspecified atom stereocenters. The molecule has 208 valence electrons. The van der Waals surface area contributed by atoms with Gasteiger partial charge in [-0.3, -0.25) is 13.9 Å². The van der Waals surface area contributed by atoms with Crippen LogP contribution in [0.15, 0.2) is 77.7 Å². The zero-order valence-electron chi connectivity index (χ0n) is 22.4. The van der Waals surface area contributed by atoms with Crippen molar-refractivity contribution in [3.8, 4) is 0 Å². The topological polar surface area (TPSA) is 86.8 Å². The van der Waals surface area contributed by atoms with Gasteiger partial charge in [0.15, 0.2) is 0 Å². The van der Waals surface area contributed by atoms with Crippen molar-refractivity contribution < 1.29 is 22.4 Å². The second kappa shape index (κ2) is 13.1. The van der Waals surface area contributed by atoms with Gasteiger partial charge in [-0.15, -0.1) is 0 Å². The predicted octanol–water partition coefficient (Wildman–Crippen LogP) is 5.17. The Morgan fingerprint density at radius 2 is 1.62 bits per heavy atom. The summed E-state index contributed by atoms with van der Waals surface area (Å²) in [6.45, 7) is 6.66. The molecule has 0 aromatic heterocycles. The second-order valence-electron chi connectivity index (χ2n) is 9.68. The van der Waals surface area contributed by atoms with Gasteiger partial charge in [0.1, 0.15) is 18.4 Å². The predicted molar refractivity (Wildman–Crippen MR) is 151 cm³/mol. The van der Waals surface area contributed by atoms with E-state index in [1.807, 2.05) is 13.8 Å². The number of amides is 2. The number of hydrogen-bond acceptors (Lipinski definition) is 4. The summed E-state index contributed by atoms with van der Waals surface area (Å²) in [5.41, 5.74) is 1.00. The molecule has 3 aromatic carbocycles. The minimum absolute atomic E-state index is 0.0134. The fourth-order valence-corrected chi connectivity index (χ4v) is 5.59. The lowest BCUT2D eigenvalue weighted by Crippen LogP contribution is -2.51. The number of benzene rings is 3. The van der Waals surface area contributed by atoms with Crippen LogP contribution in [0.4, 0.5) is 10.1 Å². The molecule has 1 atom stereocenters. The summed E-state index contributed by atoms with van der Waals surface area (Å²) in [5, 5.41) is 3.09. The number of sulfonamides is 1. The third kappa shape index (κ3) is 7.58. The van der Waals surface area contributed by atoms with Crippen LogP contribution in [0.2, 0.25) is 5.02 Å². The molecule has 0 spiro atoms. The number of anilines is 1. The molecule has 0 heterocycles. The lowest BCUT2D eigenvalue weighted by atomic mass is 10.1. The average Bonchev–Trinajstić information content (AvgIpc) is 2.91. The molecule has 7 nitrogen and oxygen atoms in total. The number of carbonyl (C=O) groups excluding carboxylic acids is 2. The molecule has 0 aliphatic heterocycles. The largest absolute Gasteiger partial charge is 0.354 e. The molecule has 0 fully saturated rings. The fourth-order valence-electron chi connectivity index (χ4n) is 3.93. The third-order valence-corrected chi connectivity index (χ3v) is 8.21. The van der Waals surface area contributed by atoms with E-state index in [2.05, 4.69) is 5.32 Å². The highest BCUT2D eigenvalue weighted by Gasteiger charge is 2.33. The van der Waals surface area contributed by atoms with Gasteiger partial charge in [0.2, 0.25) is 11.8 Å². The van der Waals surface area contributed by atoms with Crippen molar-refractivity contribution in [3.05, 3.63) is 94.8 Å². The summed E-state index contributed by atoms with van der Waals surface area (Å²) >= 11 is 6.22. The Morgan fingerprint density at radius 1 is 0.974 bits per heavy atom.